The second-order valence-corrected chi connectivity index (χ2v) is 7.04. The Morgan fingerprint density at radius 3 is 2.20 bits per heavy atom. The Labute approximate surface area is 120 Å². The van der Waals surface area contributed by atoms with Gasteiger partial charge in [0.15, 0.2) is 0 Å². The van der Waals surface area contributed by atoms with Gasteiger partial charge in [-0.2, -0.15) is 0 Å². The van der Waals surface area contributed by atoms with Gasteiger partial charge in [0.05, 0.1) is 11.8 Å². The summed E-state index contributed by atoms with van der Waals surface area (Å²) < 4.78 is 25.5. The van der Waals surface area contributed by atoms with Crippen LogP contribution in [0.2, 0.25) is 0 Å². The summed E-state index contributed by atoms with van der Waals surface area (Å²) in [6.45, 7) is 6.69. The van der Waals surface area contributed by atoms with Crippen molar-refractivity contribution in [3.63, 3.8) is 0 Å². The first kappa shape index (κ1) is 18.9. The van der Waals surface area contributed by atoms with Crippen molar-refractivity contribution in [2.75, 3.05) is 18.8 Å². The van der Waals surface area contributed by atoms with E-state index in [0.29, 0.717) is 6.42 Å². The number of carbonyl (C=O) groups excluding carboxylic acids is 1. The van der Waals surface area contributed by atoms with Crippen molar-refractivity contribution in [3.05, 3.63) is 0 Å². The molecule has 1 amide bonds. The molecule has 1 unspecified atom stereocenters. The summed E-state index contributed by atoms with van der Waals surface area (Å²) in [5, 5.41) is 8.81. The van der Waals surface area contributed by atoms with E-state index in [0.717, 1.165) is 4.90 Å². The van der Waals surface area contributed by atoms with Gasteiger partial charge in [-0.15, -0.1) is 0 Å². The molecular weight excluding hydrogens is 284 g/mol. The largest absolute Gasteiger partial charge is 0.480 e. The predicted molar refractivity (Wildman–Crippen MR) is 75.7 cm³/mol. The van der Waals surface area contributed by atoms with Crippen molar-refractivity contribution in [3.8, 4) is 0 Å². The molecule has 0 rings (SSSR count). The van der Waals surface area contributed by atoms with Crippen LogP contribution in [0, 0.1) is 5.92 Å². The number of nitrogens with zero attached hydrogens (tertiary/aromatic N) is 1. The minimum absolute atomic E-state index is 0.0618. The highest BCUT2D eigenvalue weighted by Crippen LogP contribution is 2.03. The zero-order valence-electron chi connectivity index (χ0n) is 12.4. The first-order valence-corrected chi connectivity index (χ1v) is 8.24. The molecule has 0 aliphatic rings. The maximum Gasteiger partial charge on any atom is 0.323 e. The van der Waals surface area contributed by atoms with Crippen LogP contribution in [0.15, 0.2) is 0 Å². The fourth-order valence-corrected chi connectivity index (χ4v) is 3.05. The van der Waals surface area contributed by atoms with Crippen LogP contribution in [0.25, 0.3) is 0 Å². The van der Waals surface area contributed by atoms with Crippen molar-refractivity contribution < 1.29 is 23.1 Å². The highest BCUT2D eigenvalue weighted by Gasteiger charge is 2.26. The van der Waals surface area contributed by atoms with E-state index in [1.807, 2.05) is 13.8 Å². The number of hydrogen-bond acceptors (Lipinski definition) is 4. The number of nitrogens with one attached hydrogen (secondary N) is 1. The Morgan fingerprint density at radius 2 is 1.80 bits per heavy atom. The van der Waals surface area contributed by atoms with Crippen LogP contribution >= 0.6 is 0 Å². The Morgan fingerprint density at radius 1 is 1.25 bits per heavy atom. The zero-order chi connectivity index (χ0) is 15.9. The number of sulfonamides is 1. The standard InChI is InChI=1S/C12H24N2O5S/c1-5-6-20(18,19)13-10(4)12(17)14(7-9(2)3)8-11(15)16/h9-10,13H,5-8H2,1-4H3,(H,15,16). The number of rotatable bonds is 9. The summed E-state index contributed by atoms with van der Waals surface area (Å²) in [6.07, 6.45) is 0.446. The van der Waals surface area contributed by atoms with Gasteiger partial charge in [0.2, 0.25) is 15.9 Å². The smallest absolute Gasteiger partial charge is 0.323 e. The SMILES string of the molecule is CCCS(=O)(=O)NC(C)C(=O)N(CC(=O)O)CC(C)C. The molecule has 8 heteroatoms. The lowest BCUT2D eigenvalue weighted by molar-refractivity contribution is -0.145. The zero-order valence-corrected chi connectivity index (χ0v) is 13.2. The maximum absolute atomic E-state index is 12.1. The molecule has 0 bridgehead atoms. The number of carboxylic acid groups (broad SMARTS) is 1. The lowest BCUT2D eigenvalue weighted by atomic mass is 10.2. The maximum atomic E-state index is 12.1. The Kier molecular flexibility index (Phi) is 7.74. The Balaban J connectivity index is 4.83. The first-order chi connectivity index (χ1) is 9.09. The molecule has 0 fully saturated rings. The molecule has 0 saturated heterocycles. The molecule has 0 aromatic rings. The topological polar surface area (TPSA) is 104 Å². The van der Waals surface area contributed by atoms with Crippen molar-refractivity contribution >= 4 is 21.9 Å². The van der Waals surface area contributed by atoms with Gasteiger partial charge in [-0.05, 0) is 19.3 Å². The van der Waals surface area contributed by atoms with E-state index >= 15 is 0 Å². The van der Waals surface area contributed by atoms with E-state index < -0.39 is 34.5 Å². The van der Waals surface area contributed by atoms with Crippen LogP contribution in [0.1, 0.15) is 34.1 Å². The number of hydrogen-bond donors (Lipinski definition) is 2. The molecule has 118 valence electrons. The quantitative estimate of drug-likeness (QED) is 0.636. The molecule has 0 aliphatic heterocycles. The number of carboxylic acids is 1. The Hall–Kier alpha value is -1.15. The number of carbonyl (C=O) groups is 2. The molecule has 1 atom stereocenters. The minimum Gasteiger partial charge on any atom is -0.480 e. The molecule has 0 aliphatic carbocycles. The third-order valence-electron chi connectivity index (χ3n) is 2.42. The molecule has 0 aromatic heterocycles. The van der Waals surface area contributed by atoms with Crippen LogP contribution in [0.5, 0.6) is 0 Å². The highest BCUT2D eigenvalue weighted by atomic mass is 32.2. The molecule has 7 nitrogen and oxygen atoms in total. The second-order valence-electron chi connectivity index (χ2n) is 5.16. The van der Waals surface area contributed by atoms with Crippen LogP contribution in [-0.2, 0) is 19.6 Å². The molecular formula is C12H24N2O5S. The summed E-state index contributed by atoms with van der Waals surface area (Å²) in [7, 11) is -3.51. The van der Waals surface area contributed by atoms with E-state index in [9.17, 15) is 18.0 Å². The molecule has 20 heavy (non-hydrogen) atoms. The van der Waals surface area contributed by atoms with Gasteiger partial charge in [-0.1, -0.05) is 20.8 Å². The van der Waals surface area contributed by atoms with E-state index in [4.69, 9.17) is 5.11 Å². The second kappa shape index (κ2) is 8.21. The van der Waals surface area contributed by atoms with Crippen molar-refractivity contribution in [2.24, 2.45) is 5.92 Å². The predicted octanol–water partition coefficient (Wildman–Crippen LogP) is 0.274. The summed E-state index contributed by atoms with van der Waals surface area (Å²) in [5.41, 5.74) is 0. The summed E-state index contributed by atoms with van der Waals surface area (Å²) in [6, 6.07) is -0.968. The van der Waals surface area contributed by atoms with E-state index in [-0.39, 0.29) is 18.2 Å². The van der Waals surface area contributed by atoms with E-state index in [1.165, 1.54) is 6.92 Å². The average Bonchev–Trinajstić information content (AvgIpc) is 2.24. The third kappa shape index (κ3) is 7.44. The van der Waals surface area contributed by atoms with Crippen LogP contribution in [0.4, 0.5) is 0 Å². The summed E-state index contributed by atoms with van der Waals surface area (Å²) >= 11 is 0. The van der Waals surface area contributed by atoms with Crippen molar-refractivity contribution in [1.82, 2.24) is 9.62 Å². The molecule has 0 spiro atoms. The molecule has 2 N–H and O–H groups in total. The fraction of sp³-hybridized carbons (Fsp3) is 0.833. The summed E-state index contributed by atoms with van der Waals surface area (Å²) in [5.74, 6) is -1.62. The van der Waals surface area contributed by atoms with Crippen LogP contribution < -0.4 is 4.72 Å². The fourth-order valence-electron chi connectivity index (χ4n) is 1.76. The Bertz CT molecular complexity index is 433. The van der Waals surface area contributed by atoms with Crippen molar-refractivity contribution in [2.45, 2.75) is 40.2 Å². The van der Waals surface area contributed by atoms with Gasteiger partial charge in [-0.3, -0.25) is 9.59 Å². The molecule has 0 aromatic carbocycles. The molecule has 0 saturated carbocycles. The average molecular weight is 308 g/mol. The van der Waals surface area contributed by atoms with E-state index in [2.05, 4.69) is 4.72 Å². The minimum atomic E-state index is -3.51. The van der Waals surface area contributed by atoms with Gasteiger partial charge in [-0.25, -0.2) is 13.1 Å². The van der Waals surface area contributed by atoms with E-state index in [1.54, 1.807) is 6.92 Å². The highest BCUT2D eigenvalue weighted by molar-refractivity contribution is 7.89. The summed E-state index contributed by atoms with van der Waals surface area (Å²) in [4.78, 5) is 24.1. The normalized spacial score (nSPS) is 13.2. The monoisotopic (exact) mass is 308 g/mol. The first-order valence-electron chi connectivity index (χ1n) is 6.59. The van der Waals surface area contributed by atoms with Crippen LogP contribution in [0.3, 0.4) is 0 Å². The van der Waals surface area contributed by atoms with Gasteiger partial charge < -0.3 is 10.0 Å². The van der Waals surface area contributed by atoms with Gasteiger partial charge in [0, 0.05) is 6.54 Å². The van der Waals surface area contributed by atoms with Gasteiger partial charge in [0.25, 0.3) is 0 Å². The lowest BCUT2D eigenvalue weighted by Gasteiger charge is -2.26. The van der Waals surface area contributed by atoms with Gasteiger partial charge in [0.1, 0.15) is 6.54 Å². The van der Waals surface area contributed by atoms with Crippen molar-refractivity contribution in [1.29, 1.82) is 0 Å². The van der Waals surface area contributed by atoms with Crippen LogP contribution in [-0.4, -0.2) is 55.2 Å². The molecule has 0 heterocycles. The molecule has 0 radical (unpaired) electrons. The number of aliphatic carboxylic acids is 1. The lowest BCUT2D eigenvalue weighted by Crippen LogP contribution is -2.49. The van der Waals surface area contributed by atoms with Gasteiger partial charge >= 0.3 is 5.97 Å². The third-order valence-corrected chi connectivity index (χ3v) is 4.08. The number of amides is 1.